The zero-order valence-corrected chi connectivity index (χ0v) is 16.1. The van der Waals surface area contributed by atoms with E-state index in [-0.39, 0.29) is 15.6 Å². The minimum absolute atomic E-state index is 0.0610. The number of aliphatic carboxylic acids is 2. The molecule has 1 heterocycles. The fourth-order valence-corrected chi connectivity index (χ4v) is 3.81. The highest BCUT2D eigenvalue weighted by atomic mass is 32.2. The van der Waals surface area contributed by atoms with Gasteiger partial charge in [-0.3, -0.25) is 14.5 Å². The van der Waals surface area contributed by atoms with Crippen LogP contribution in [0.3, 0.4) is 0 Å². The molecule has 0 aliphatic carbocycles. The van der Waals surface area contributed by atoms with E-state index in [9.17, 15) is 19.5 Å². The van der Waals surface area contributed by atoms with Gasteiger partial charge in [-0.25, -0.2) is 4.79 Å². The van der Waals surface area contributed by atoms with Crippen LogP contribution in [-0.4, -0.2) is 57.5 Å². The van der Waals surface area contributed by atoms with Gasteiger partial charge in [-0.1, -0.05) is 24.0 Å². The van der Waals surface area contributed by atoms with Crippen LogP contribution in [0.25, 0.3) is 6.08 Å². The molecule has 8 nitrogen and oxygen atoms in total. The summed E-state index contributed by atoms with van der Waals surface area (Å²) in [5.41, 5.74) is 0.565. The SMILES string of the molecule is COc1ccc(OC)c(/C=C2\SC(=S)N(C(CCC(=O)O)C(=O)O)C2=O)c1. The Bertz CT molecular complexity index is 821. The molecule has 1 aliphatic rings. The number of methoxy groups -OCH3 is 2. The Morgan fingerprint density at radius 1 is 1.30 bits per heavy atom. The minimum atomic E-state index is -1.34. The average molecular weight is 411 g/mol. The monoisotopic (exact) mass is 411 g/mol. The quantitative estimate of drug-likeness (QED) is 0.491. The molecule has 27 heavy (non-hydrogen) atoms. The van der Waals surface area contributed by atoms with Gasteiger partial charge >= 0.3 is 11.9 Å². The Labute approximate surface area is 164 Å². The van der Waals surface area contributed by atoms with Crippen LogP contribution in [0.1, 0.15) is 18.4 Å². The molecule has 0 radical (unpaired) electrons. The lowest BCUT2D eigenvalue weighted by molar-refractivity contribution is -0.146. The third-order valence-electron chi connectivity index (χ3n) is 3.78. The lowest BCUT2D eigenvalue weighted by Crippen LogP contribution is -2.44. The number of thiocarbonyl (C=S) groups is 1. The number of carbonyl (C=O) groups excluding carboxylic acids is 1. The van der Waals surface area contributed by atoms with Gasteiger partial charge in [-0.05, 0) is 30.7 Å². The molecule has 144 valence electrons. The molecule has 0 bridgehead atoms. The summed E-state index contributed by atoms with van der Waals surface area (Å²) in [5, 5.41) is 18.2. The van der Waals surface area contributed by atoms with Crippen LogP contribution < -0.4 is 9.47 Å². The van der Waals surface area contributed by atoms with Crippen LogP contribution >= 0.6 is 24.0 Å². The molecule has 10 heteroatoms. The molecule has 1 amide bonds. The second-order valence-electron chi connectivity index (χ2n) is 5.45. The van der Waals surface area contributed by atoms with Gasteiger partial charge < -0.3 is 19.7 Å². The van der Waals surface area contributed by atoms with E-state index in [2.05, 4.69) is 0 Å². The summed E-state index contributed by atoms with van der Waals surface area (Å²) in [6.45, 7) is 0. The molecule has 0 saturated carbocycles. The lowest BCUT2D eigenvalue weighted by Gasteiger charge is -2.22. The van der Waals surface area contributed by atoms with Crippen LogP contribution in [0.15, 0.2) is 23.1 Å². The van der Waals surface area contributed by atoms with Crippen molar-refractivity contribution in [1.29, 1.82) is 0 Å². The number of thioether (sulfide) groups is 1. The summed E-state index contributed by atoms with van der Waals surface area (Å²) >= 11 is 6.11. The summed E-state index contributed by atoms with van der Waals surface area (Å²) in [6, 6.07) is 3.71. The maximum atomic E-state index is 12.7. The van der Waals surface area contributed by atoms with Crippen molar-refractivity contribution in [3.05, 3.63) is 28.7 Å². The van der Waals surface area contributed by atoms with Crippen molar-refractivity contribution in [2.45, 2.75) is 18.9 Å². The first-order chi connectivity index (χ1) is 12.8. The average Bonchev–Trinajstić information content (AvgIpc) is 2.89. The highest BCUT2D eigenvalue weighted by molar-refractivity contribution is 8.26. The van der Waals surface area contributed by atoms with E-state index in [0.717, 1.165) is 16.7 Å². The van der Waals surface area contributed by atoms with Crippen molar-refractivity contribution < 1.29 is 34.1 Å². The molecular weight excluding hydrogens is 394 g/mol. The number of hydrogen-bond acceptors (Lipinski definition) is 7. The normalized spacial score (nSPS) is 16.5. The first-order valence-electron chi connectivity index (χ1n) is 7.72. The molecule has 2 rings (SSSR count). The van der Waals surface area contributed by atoms with E-state index in [1.54, 1.807) is 18.2 Å². The number of carbonyl (C=O) groups is 3. The Balaban J connectivity index is 2.35. The van der Waals surface area contributed by atoms with Crippen LogP contribution in [0.4, 0.5) is 0 Å². The number of benzene rings is 1. The Kier molecular flexibility index (Phi) is 6.81. The summed E-state index contributed by atoms with van der Waals surface area (Å²) in [5.74, 6) is -1.99. The van der Waals surface area contributed by atoms with Gasteiger partial charge in [-0.2, -0.15) is 0 Å². The van der Waals surface area contributed by atoms with Crippen molar-refractivity contribution in [3.63, 3.8) is 0 Å². The predicted octanol–water partition coefficient (Wildman–Crippen LogP) is 2.22. The second-order valence-corrected chi connectivity index (χ2v) is 7.12. The standard InChI is InChI=1S/C17H17NO7S2/c1-24-10-3-5-12(25-2)9(7-10)8-13-15(21)18(17(26)27-13)11(16(22)23)4-6-14(19)20/h3,5,7-8,11H,4,6H2,1-2H3,(H,19,20)(H,22,23)/b13-8-. The van der Waals surface area contributed by atoms with Crippen molar-refractivity contribution >= 4 is 52.2 Å². The van der Waals surface area contributed by atoms with Crippen molar-refractivity contribution in [3.8, 4) is 11.5 Å². The Morgan fingerprint density at radius 2 is 2.00 bits per heavy atom. The fraction of sp³-hybridized carbons (Fsp3) is 0.294. The summed E-state index contributed by atoms with van der Waals surface area (Å²) < 4.78 is 10.5. The van der Waals surface area contributed by atoms with Crippen LogP contribution in [0.5, 0.6) is 11.5 Å². The fourth-order valence-electron chi connectivity index (χ4n) is 2.47. The van der Waals surface area contributed by atoms with E-state index >= 15 is 0 Å². The molecule has 1 atom stereocenters. The van der Waals surface area contributed by atoms with Gasteiger partial charge in [0.05, 0.1) is 19.1 Å². The van der Waals surface area contributed by atoms with Crippen LogP contribution in [0, 0.1) is 0 Å². The molecule has 0 spiro atoms. The largest absolute Gasteiger partial charge is 0.497 e. The van der Waals surface area contributed by atoms with Gasteiger partial charge in [-0.15, -0.1) is 0 Å². The van der Waals surface area contributed by atoms with Crippen LogP contribution in [0.2, 0.25) is 0 Å². The maximum Gasteiger partial charge on any atom is 0.326 e. The van der Waals surface area contributed by atoms with Crippen molar-refractivity contribution in [2.75, 3.05) is 14.2 Å². The maximum absolute atomic E-state index is 12.7. The molecule has 2 N–H and O–H groups in total. The number of hydrogen-bond donors (Lipinski definition) is 2. The van der Waals surface area contributed by atoms with E-state index in [0.29, 0.717) is 17.1 Å². The number of carboxylic acid groups (broad SMARTS) is 2. The number of ether oxygens (including phenoxy) is 2. The van der Waals surface area contributed by atoms with E-state index in [1.165, 1.54) is 20.3 Å². The molecule has 1 aromatic carbocycles. The van der Waals surface area contributed by atoms with Crippen molar-refractivity contribution in [2.24, 2.45) is 0 Å². The molecular formula is C17H17NO7S2. The number of rotatable bonds is 8. The first kappa shape index (κ1) is 20.7. The molecule has 1 aromatic rings. The van der Waals surface area contributed by atoms with E-state index in [1.807, 2.05) is 0 Å². The van der Waals surface area contributed by atoms with Crippen LogP contribution in [-0.2, 0) is 14.4 Å². The molecule has 0 aromatic heterocycles. The molecule has 1 saturated heterocycles. The van der Waals surface area contributed by atoms with Gasteiger partial charge in [0.15, 0.2) is 0 Å². The Hall–Kier alpha value is -2.59. The van der Waals surface area contributed by atoms with E-state index < -0.39 is 30.3 Å². The zero-order valence-electron chi connectivity index (χ0n) is 14.5. The van der Waals surface area contributed by atoms with E-state index in [4.69, 9.17) is 26.8 Å². The predicted molar refractivity (Wildman–Crippen MR) is 103 cm³/mol. The second kappa shape index (κ2) is 8.87. The summed E-state index contributed by atoms with van der Waals surface area (Å²) in [4.78, 5) is 36.2. The number of nitrogens with zero attached hydrogens (tertiary/aromatic N) is 1. The van der Waals surface area contributed by atoms with Gasteiger partial charge in [0.2, 0.25) is 0 Å². The lowest BCUT2D eigenvalue weighted by atomic mass is 10.1. The third-order valence-corrected chi connectivity index (χ3v) is 5.11. The van der Waals surface area contributed by atoms with Gasteiger partial charge in [0, 0.05) is 12.0 Å². The molecule has 1 unspecified atom stereocenters. The number of amides is 1. The van der Waals surface area contributed by atoms with Gasteiger partial charge in [0.1, 0.15) is 21.9 Å². The topological polar surface area (TPSA) is 113 Å². The Morgan fingerprint density at radius 3 is 2.56 bits per heavy atom. The highest BCUT2D eigenvalue weighted by Crippen LogP contribution is 2.37. The highest BCUT2D eigenvalue weighted by Gasteiger charge is 2.40. The van der Waals surface area contributed by atoms with Crippen molar-refractivity contribution in [1.82, 2.24) is 4.90 Å². The summed E-state index contributed by atoms with van der Waals surface area (Å²) in [6.07, 6.45) is 0.903. The third kappa shape index (κ3) is 4.77. The minimum Gasteiger partial charge on any atom is -0.497 e. The molecule has 1 fully saturated rings. The summed E-state index contributed by atoms with van der Waals surface area (Å²) in [7, 11) is 2.99. The number of carboxylic acids is 2. The zero-order chi connectivity index (χ0) is 20.1. The molecule has 1 aliphatic heterocycles. The van der Waals surface area contributed by atoms with Gasteiger partial charge in [0.25, 0.3) is 5.91 Å². The smallest absolute Gasteiger partial charge is 0.326 e. The first-order valence-corrected chi connectivity index (χ1v) is 8.94.